The molecule has 1 rings (SSSR count). The molecule has 0 spiro atoms. The molecule has 0 aliphatic carbocycles. The first-order valence-electron chi connectivity index (χ1n) is 6.80. The molecule has 0 bridgehead atoms. The molecule has 1 aromatic rings. The van der Waals surface area contributed by atoms with Crippen LogP contribution in [0.1, 0.15) is 20.8 Å². The largest absolute Gasteiger partial charge is 0.494 e. The summed E-state index contributed by atoms with van der Waals surface area (Å²) in [5.74, 6) is 1.76. The van der Waals surface area contributed by atoms with Crippen molar-refractivity contribution in [3.8, 4) is 11.5 Å². The molecule has 108 valence electrons. The van der Waals surface area contributed by atoms with E-state index in [0.717, 1.165) is 17.2 Å². The Labute approximate surface area is 116 Å². The zero-order chi connectivity index (χ0) is 14.4. The second-order valence-electron chi connectivity index (χ2n) is 4.70. The van der Waals surface area contributed by atoms with Gasteiger partial charge in [-0.2, -0.15) is 0 Å². The summed E-state index contributed by atoms with van der Waals surface area (Å²) in [5, 5.41) is 0. The Balaban J connectivity index is 3.08. The van der Waals surface area contributed by atoms with E-state index in [9.17, 15) is 0 Å². The molecule has 1 atom stereocenters. The predicted octanol–water partition coefficient (Wildman–Crippen LogP) is 2.83. The van der Waals surface area contributed by atoms with Gasteiger partial charge in [0.2, 0.25) is 0 Å². The first-order valence-corrected chi connectivity index (χ1v) is 6.80. The van der Waals surface area contributed by atoms with Crippen molar-refractivity contribution >= 4 is 5.69 Å². The average Bonchev–Trinajstić information content (AvgIpc) is 2.39. The van der Waals surface area contributed by atoms with E-state index < -0.39 is 0 Å². The zero-order valence-electron chi connectivity index (χ0n) is 12.9. The minimum Gasteiger partial charge on any atom is -0.494 e. The highest BCUT2D eigenvalue weighted by Crippen LogP contribution is 2.33. The first-order chi connectivity index (χ1) is 9.01. The van der Waals surface area contributed by atoms with E-state index in [4.69, 9.17) is 9.47 Å². The van der Waals surface area contributed by atoms with E-state index in [1.165, 1.54) is 0 Å². The van der Waals surface area contributed by atoms with Gasteiger partial charge in [0.1, 0.15) is 11.5 Å². The van der Waals surface area contributed by atoms with Gasteiger partial charge in [0.25, 0.3) is 0 Å². The van der Waals surface area contributed by atoms with E-state index in [-0.39, 0.29) is 6.17 Å². The average molecular weight is 266 g/mol. The quantitative estimate of drug-likeness (QED) is 0.709. The second-order valence-corrected chi connectivity index (χ2v) is 4.70. The number of rotatable bonds is 7. The first kappa shape index (κ1) is 15.6. The van der Waals surface area contributed by atoms with E-state index in [0.29, 0.717) is 13.2 Å². The van der Waals surface area contributed by atoms with Gasteiger partial charge in [-0.3, -0.25) is 4.90 Å². The molecular formula is C15H26N2O2. The molecule has 0 fully saturated rings. The van der Waals surface area contributed by atoms with Crippen molar-refractivity contribution in [1.82, 2.24) is 4.90 Å². The van der Waals surface area contributed by atoms with Gasteiger partial charge in [0.05, 0.1) is 25.1 Å². The second kappa shape index (κ2) is 7.24. The van der Waals surface area contributed by atoms with Crippen molar-refractivity contribution in [3.05, 3.63) is 18.2 Å². The lowest BCUT2D eigenvalue weighted by Crippen LogP contribution is -2.40. The zero-order valence-corrected chi connectivity index (χ0v) is 12.9. The maximum atomic E-state index is 5.71. The van der Waals surface area contributed by atoms with Crippen LogP contribution in [0.25, 0.3) is 0 Å². The number of anilines is 1. The maximum Gasteiger partial charge on any atom is 0.142 e. The molecule has 0 heterocycles. The van der Waals surface area contributed by atoms with Crippen molar-refractivity contribution in [2.24, 2.45) is 0 Å². The highest BCUT2D eigenvalue weighted by atomic mass is 16.5. The van der Waals surface area contributed by atoms with Crippen molar-refractivity contribution in [1.29, 1.82) is 0 Å². The number of hydrogen-bond acceptors (Lipinski definition) is 4. The monoisotopic (exact) mass is 266 g/mol. The summed E-state index contributed by atoms with van der Waals surface area (Å²) in [4.78, 5) is 4.34. The van der Waals surface area contributed by atoms with Crippen LogP contribution < -0.4 is 14.4 Å². The van der Waals surface area contributed by atoms with Crippen LogP contribution in [0, 0.1) is 0 Å². The highest BCUT2D eigenvalue weighted by Gasteiger charge is 2.17. The molecular weight excluding hydrogens is 240 g/mol. The van der Waals surface area contributed by atoms with Crippen molar-refractivity contribution in [3.63, 3.8) is 0 Å². The molecule has 1 unspecified atom stereocenters. The van der Waals surface area contributed by atoms with Gasteiger partial charge >= 0.3 is 0 Å². The van der Waals surface area contributed by atoms with Crippen LogP contribution in [0.5, 0.6) is 11.5 Å². The SMILES string of the molecule is CCOc1ccc(OCC)c(N(C)C(C)N(C)C)c1. The van der Waals surface area contributed by atoms with Gasteiger partial charge in [-0.15, -0.1) is 0 Å². The fourth-order valence-electron chi connectivity index (χ4n) is 1.85. The normalized spacial score (nSPS) is 12.4. The number of nitrogens with zero attached hydrogens (tertiary/aromatic N) is 2. The Hall–Kier alpha value is -1.42. The van der Waals surface area contributed by atoms with Gasteiger partial charge in [-0.05, 0) is 47.0 Å². The summed E-state index contributed by atoms with van der Waals surface area (Å²) in [5.41, 5.74) is 1.05. The lowest BCUT2D eigenvalue weighted by Gasteiger charge is -2.33. The fourth-order valence-corrected chi connectivity index (χ4v) is 1.85. The third kappa shape index (κ3) is 4.03. The molecule has 0 aliphatic rings. The van der Waals surface area contributed by atoms with E-state index >= 15 is 0 Å². The summed E-state index contributed by atoms with van der Waals surface area (Å²) < 4.78 is 11.3. The summed E-state index contributed by atoms with van der Waals surface area (Å²) in [6, 6.07) is 5.96. The summed E-state index contributed by atoms with van der Waals surface area (Å²) in [7, 11) is 6.19. The maximum absolute atomic E-state index is 5.71. The van der Waals surface area contributed by atoms with Crippen LogP contribution in [0.15, 0.2) is 18.2 Å². The number of hydrogen-bond donors (Lipinski definition) is 0. The molecule has 19 heavy (non-hydrogen) atoms. The molecule has 0 N–H and O–H groups in total. The molecule has 0 aliphatic heterocycles. The topological polar surface area (TPSA) is 24.9 Å². The van der Waals surface area contributed by atoms with Gasteiger partial charge in [-0.1, -0.05) is 0 Å². The van der Waals surface area contributed by atoms with E-state index in [1.807, 2.05) is 32.0 Å². The summed E-state index contributed by atoms with van der Waals surface area (Å²) in [6.07, 6.45) is 0.274. The molecule has 0 amide bonds. The summed E-state index contributed by atoms with van der Waals surface area (Å²) >= 11 is 0. The molecule has 4 heteroatoms. The van der Waals surface area contributed by atoms with Crippen LogP contribution >= 0.6 is 0 Å². The Bertz CT molecular complexity index is 394. The fraction of sp³-hybridized carbons (Fsp3) is 0.600. The van der Waals surface area contributed by atoms with Crippen LogP contribution in [0.4, 0.5) is 5.69 Å². The molecule has 0 saturated carbocycles. The van der Waals surface area contributed by atoms with E-state index in [1.54, 1.807) is 0 Å². The molecule has 0 aromatic heterocycles. The lowest BCUT2D eigenvalue weighted by atomic mass is 10.2. The molecule has 4 nitrogen and oxygen atoms in total. The predicted molar refractivity (Wildman–Crippen MR) is 80.3 cm³/mol. The smallest absolute Gasteiger partial charge is 0.142 e. The Kier molecular flexibility index (Phi) is 5.96. The Morgan fingerprint density at radius 3 is 2.21 bits per heavy atom. The van der Waals surface area contributed by atoms with Gasteiger partial charge in [-0.25, -0.2) is 0 Å². The van der Waals surface area contributed by atoms with Gasteiger partial charge in [0.15, 0.2) is 0 Å². The third-order valence-corrected chi connectivity index (χ3v) is 3.23. The Morgan fingerprint density at radius 2 is 1.68 bits per heavy atom. The standard InChI is InChI=1S/C15H26N2O2/c1-7-18-13-9-10-15(19-8-2)14(11-13)17(6)12(3)16(4)5/h9-12H,7-8H2,1-6H3. The van der Waals surface area contributed by atoms with Crippen molar-refractivity contribution in [2.75, 3.05) is 39.3 Å². The van der Waals surface area contributed by atoms with Gasteiger partial charge < -0.3 is 14.4 Å². The van der Waals surface area contributed by atoms with Crippen LogP contribution in [-0.2, 0) is 0 Å². The van der Waals surface area contributed by atoms with E-state index in [2.05, 4.69) is 37.9 Å². The van der Waals surface area contributed by atoms with Crippen LogP contribution in [0.3, 0.4) is 0 Å². The summed E-state index contributed by atoms with van der Waals surface area (Å²) in [6.45, 7) is 7.46. The molecule has 0 radical (unpaired) electrons. The number of benzene rings is 1. The minimum atomic E-state index is 0.274. The lowest BCUT2D eigenvalue weighted by molar-refractivity contribution is 0.302. The van der Waals surface area contributed by atoms with Crippen LogP contribution in [0.2, 0.25) is 0 Å². The van der Waals surface area contributed by atoms with Crippen LogP contribution in [-0.4, -0.2) is 45.4 Å². The van der Waals surface area contributed by atoms with Crippen molar-refractivity contribution < 1.29 is 9.47 Å². The van der Waals surface area contributed by atoms with Crippen molar-refractivity contribution in [2.45, 2.75) is 26.9 Å². The minimum absolute atomic E-state index is 0.274. The molecule has 0 saturated heterocycles. The van der Waals surface area contributed by atoms with Gasteiger partial charge in [0, 0.05) is 13.1 Å². The highest BCUT2D eigenvalue weighted by molar-refractivity contribution is 5.61. The Morgan fingerprint density at radius 1 is 1.05 bits per heavy atom. The molecule has 1 aromatic carbocycles. The number of ether oxygens (including phenoxy) is 2. The third-order valence-electron chi connectivity index (χ3n) is 3.23.